The average Bonchev–Trinajstić information content (AvgIpc) is 2.21. The maximum absolute atomic E-state index is 11.7. The Bertz CT molecular complexity index is 568. The molecule has 0 aliphatic rings. The number of nitrogens with zero attached hydrogens (tertiary/aromatic N) is 1. The SMILES string of the molecule is Cn1cc(C(=O)O)cc(NC(=O)OC(C)(C)C)c1=O. The van der Waals surface area contributed by atoms with Crippen molar-refractivity contribution < 1.29 is 19.4 Å². The maximum atomic E-state index is 11.7. The van der Waals surface area contributed by atoms with Crippen LogP contribution in [-0.4, -0.2) is 27.3 Å². The Kier molecular flexibility index (Phi) is 3.98. The molecule has 1 aromatic rings. The summed E-state index contributed by atoms with van der Waals surface area (Å²) in [7, 11) is 1.40. The van der Waals surface area contributed by atoms with Gasteiger partial charge in [0.05, 0.1) is 5.56 Å². The van der Waals surface area contributed by atoms with E-state index in [0.717, 1.165) is 10.6 Å². The molecule has 1 heterocycles. The smallest absolute Gasteiger partial charge is 0.412 e. The number of ether oxygens (including phenoxy) is 1. The molecule has 0 saturated carbocycles. The van der Waals surface area contributed by atoms with Gasteiger partial charge in [0.1, 0.15) is 11.3 Å². The minimum Gasteiger partial charge on any atom is -0.478 e. The van der Waals surface area contributed by atoms with Crippen LogP contribution in [0.4, 0.5) is 10.5 Å². The number of carboxylic acid groups (broad SMARTS) is 1. The first kappa shape index (κ1) is 14.7. The van der Waals surface area contributed by atoms with Gasteiger partial charge in [0.15, 0.2) is 0 Å². The number of hydrogen-bond acceptors (Lipinski definition) is 4. The van der Waals surface area contributed by atoms with Gasteiger partial charge in [-0.15, -0.1) is 0 Å². The molecule has 0 aliphatic heterocycles. The molecule has 0 radical (unpaired) electrons. The molecule has 0 fully saturated rings. The van der Waals surface area contributed by atoms with E-state index in [1.54, 1.807) is 20.8 Å². The predicted molar refractivity (Wildman–Crippen MR) is 68.5 cm³/mol. The molecule has 1 aromatic heterocycles. The van der Waals surface area contributed by atoms with Crippen LogP contribution in [0.1, 0.15) is 31.1 Å². The summed E-state index contributed by atoms with van der Waals surface area (Å²) >= 11 is 0. The molecule has 0 spiro atoms. The highest BCUT2D eigenvalue weighted by molar-refractivity contribution is 5.90. The van der Waals surface area contributed by atoms with Crippen LogP contribution >= 0.6 is 0 Å². The molecule has 7 nitrogen and oxygen atoms in total. The van der Waals surface area contributed by atoms with Crippen LogP contribution in [0.5, 0.6) is 0 Å². The lowest BCUT2D eigenvalue weighted by Gasteiger charge is -2.19. The number of pyridine rings is 1. The van der Waals surface area contributed by atoms with E-state index in [9.17, 15) is 14.4 Å². The van der Waals surface area contributed by atoms with Crippen molar-refractivity contribution in [3.63, 3.8) is 0 Å². The van der Waals surface area contributed by atoms with Crippen molar-refractivity contribution in [2.75, 3.05) is 5.32 Å². The zero-order valence-electron chi connectivity index (χ0n) is 11.2. The van der Waals surface area contributed by atoms with E-state index in [4.69, 9.17) is 9.84 Å². The van der Waals surface area contributed by atoms with Crippen molar-refractivity contribution in [3.05, 3.63) is 28.2 Å². The lowest BCUT2D eigenvalue weighted by atomic mass is 10.2. The number of amides is 1. The number of carboxylic acids is 1. The van der Waals surface area contributed by atoms with Gasteiger partial charge in [-0.25, -0.2) is 9.59 Å². The standard InChI is InChI=1S/C12H16N2O5/c1-12(2,3)19-11(18)13-8-5-7(10(16)17)6-14(4)9(8)15/h5-6H,1-4H3,(H,13,18)(H,16,17). The van der Waals surface area contributed by atoms with Gasteiger partial charge in [-0.1, -0.05) is 0 Å². The van der Waals surface area contributed by atoms with Crippen molar-refractivity contribution in [2.24, 2.45) is 7.05 Å². The van der Waals surface area contributed by atoms with E-state index in [2.05, 4.69) is 5.32 Å². The van der Waals surface area contributed by atoms with Crippen molar-refractivity contribution in [2.45, 2.75) is 26.4 Å². The lowest BCUT2D eigenvalue weighted by molar-refractivity contribution is 0.0632. The van der Waals surface area contributed by atoms with Gasteiger partial charge in [-0.2, -0.15) is 0 Å². The van der Waals surface area contributed by atoms with Crippen LogP contribution < -0.4 is 10.9 Å². The van der Waals surface area contributed by atoms with E-state index in [0.29, 0.717) is 0 Å². The predicted octanol–water partition coefficient (Wildman–Crippen LogP) is 1.43. The number of nitrogens with one attached hydrogen (secondary N) is 1. The number of aryl methyl sites for hydroxylation is 1. The maximum Gasteiger partial charge on any atom is 0.412 e. The summed E-state index contributed by atoms with van der Waals surface area (Å²) in [6.07, 6.45) is 0.359. The number of anilines is 1. The molecule has 2 N–H and O–H groups in total. The molecule has 0 aromatic carbocycles. The van der Waals surface area contributed by atoms with Crippen molar-refractivity contribution in [3.8, 4) is 0 Å². The van der Waals surface area contributed by atoms with E-state index in [1.807, 2.05) is 0 Å². The first-order valence-corrected chi connectivity index (χ1v) is 5.54. The summed E-state index contributed by atoms with van der Waals surface area (Å²) in [5, 5.41) is 11.1. The molecule has 0 unspecified atom stereocenters. The monoisotopic (exact) mass is 268 g/mol. The number of rotatable bonds is 2. The summed E-state index contributed by atoms with van der Waals surface area (Å²) in [5.41, 5.74) is -1.47. The fourth-order valence-electron chi connectivity index (χ4n) is 1.33. The van der Waals surface area contributed by atoms with Gasteiger partial charge in [0.2, 0.25) is 0 Å². The number of aromatic carboxylic acids is 1. The second kappa shape index (κ2) is 5.13. The van der Waals surface area contributed by atoms with E-state index >= 15 is 0 Å². The quantitative estimate of drug-likeness (QED) is 0.845. The normalized spacial score (nSPS) is 10.9. The largest absolute Gasteiger partial charge is 0.478 e. The Morgan fingerprint density at radius 3 is 2.42 bits per heavy atom. The van der Waals surface area contributed by atoms with Crippen molar-refractivity contribution >= 4 is 17.7 Å². The molecule has 1 amide bonds. The number of aromatic nitrogens is 1. The molecular formula is C12H16N2O5. The van der Waals surface area contributed by atoms with Crippen LogP contribution in [-0.2, 0) is 11.8 Å². The fourth-order valence-corrected chi connectivity index (χ4v) is 1.33. The highest BCUT2D eigenvalue weighted by Gasteiger charge is 2.18. The highest BCUT2D eigenvalue weighted by atomic mass is 16.6. The molecule has 0 bridgehead atoms. The molecule has 7 heteroatoms. The van der Waals surface area contributed by atoms with Gasteiger partial charge in [0, 0.05) is 13.2 Å². The molecule has 19 heavy (non-hydrogen) atoms. The lowest BCUT2D eigenvalue weighted by Crippen LogP contribution is -2.30. The summed E-state index contributed by atoms with van der Waals surface area (Å²) < 4.78 is 6.07. The van der Waals surface area contributed by atoms with Crippen LogP contribution in [0, 0.1) is 0 Å². The van der Waals surface area contributed by atoms with Crippen LogP contribution in [0.2, 0.25) is 0 Å². The zero-order chi connectivity index (χ0) is 14.8. The minimum atomic E-state index is -1.19. The fraction of sp³-hybridized carbons (Fsp3) is 0.417. The van der Waals surface area contributed by atoms with Crippen LogP contribution in [0.15, 0.2) is 17.1 Å². The summed E-state index contributed by atoms with van der Waals surface area (Å²) in [5.74, 6) is -1.19. The zero-order valence-corrected chi connectivity index (χ0v) is 11.2. The Morgan fingerprint density at radius 1 is 1.37 bits per heavy atom. The molecule has 0 aliphatic carbocycles. The Labute approximate surface area is 109 Å². The molecule has 1 rings (SSSR count). The van der Waals surface area contributed by atoms with Gasteiger partial charge < -0.3 is 14.4 Å². The van der Waals surface area contributed by atoms with Gasteiger partial charge in [0.25, 0.3) is 5.56 Å². The van der Waals surface area contributed by atoms with Gasteiger partial charge in [-0.3, -0.25) is 10.1 Å². The molecule has 0 atom stereocenters. The third-order valence-electron chi connectivity index (χ3n) is 2.07. The Balaban J connectivity index is 3.04. The summed E-state index contributed by atoms with van der Waals surface area (Å²) in [6, 6.07) is 1.09. The summed E-state index contributed by atoms with van der Waals surface area (Å²) in [4.78, 5) is 34.2. The van der Waals surface area contributed by atoms with Crippen molar-refractivity contribution in [1.82, 2.24) is 4.57 Å². The third kappa shape index (κ3) is 4.13. The van der Waals surface area contributed by atoms with Gasteiger partial charge in [-0.05, 0) is 26.8 Å². The van der Waals surface area contributed by atoms with Crippen LogP contribution in [0.25, 0.3) is 0 Å². The van der Waals surface area contributed by atoms with E-state index in [1.165, 1.54) is 13.2 Å². The van der Waals surface area contributed by atoms with Crippen LogP contribution in [0.3, 0.4) is 0 Å². The van der Waals surface area contributed by atoms with E-state index in [-0.39, 0.29) is 11.3 Å². The molecular weight excluding hydrogens is 252 g/mol. The Hall–Kier alpha value is -2.31. The average molecular weight is 268 g/mol. The minimum absolute atomic E-state index is 0.104. The second-order valence-corrected chi connectivity index (χ2v) is 4.99. The second-order valence-electron chi connectivity index (χ2n) is 4.99. The highest BCUT2D eigenvalue weighted by Crippen LogP contribution is 2.10. The third-order valence-corrected chi connectivity index (χ3v) is 2.07. The summed E-state index contributed by atoms with van der Waals surface area (Å²) in [6.45, 7) is 5.04. The molecule has 104 valence electrons. The Morgan fingerprint density at radius 2 is 1.95 bits per heavy atom. The number of carbonyl (C=O) groups excluding carboxylic acids is 1. The topological polar surface area (TPSA) is 97.6 Å². The van der Waals surface area contributed by atoms with Gasteiger partial charge >= 0.3 is 12.1 Å². The van der Waals surface area contributed by atoms with Crippen molar-refractivity contribution in [1.29, 1.82) is 0 Å². The number of carbonyl (C=O) groups is 2. The molecule has 0 saturated heterocycles. The number of hydrogen-bond donors (Lipinski definition) is 2. The first-order valence-electron chi connectivity index (χ1n) is 5.54. The first-order chi connectivity index (χ1) is 8.60. The van der Waals surface area contributed by atoms with E-state index < -0.39 is 23.2 Å².